The molecule has 1 atom stereocenters. The van der Waals surface area contributed by atoms with Crippen LogP contribution in [0.15, 0.2) is 18.2 Å². The molecule has 0 spiro atoms. The standard InChI is InChI=1S/C15H22N2O2/c1-11-5-6-14(19-2)13(8-11)17-15(18)9-12-4-3-7-16-10-12/h5-6,8,12,16H,3-4,7,9-10H2,1-2H3,(H,17,18). The van der Waals surface area contributed by atoms with Crippen LogP contribution in [-0.2, 0) is 4.79 Å². The molecule has 0 saturated carbocycles. The second-order valence-electron chi connectivity index (χ2n) is 5.17. The average molecular weight is 262 g/mol. The van der Waals surface area contributed by atoms with Gasteiger partial charge in [0.2, 0.25) is 5.91 Å². The molecule has 0 aliphatic carbocycles. The quantitative estimate of drug-likeness (QED) is 0.875. The van der Waals surface area contributed by atoms with E-state index in [1.807, 2.05) is 25.1 Å². The first kappa shape index (κ1) is 13.9. The number of benzene rings is 1. The van der Waals surface area contributed by atoms with Gasteiger partial charge >= 0.3 is 0 Å². The molecule has 1 aliphatic rings. The fourth-order valence-electron chi connectivity index (χ4n) is 2.48. The second kappa shape index (κ2) is 6.57. The van der Waals surface area contributed by atoms with Crippen LogP contribution in [0.2, 0.25) is 0 Å². The molecule has 0 bridgehead atoms. The Morgan fingerprint density at radius 1 is 1.53 bits per heavy atom. The van der Waals surface area contributed by atoms with E-state index in [2.05, 4.69) is 10.6 Å². The Balaban J connectivity index is 1.95. The van der Waals surface area contributed by atoms with Gasteiger partial charge in [0, 0.05) is 6.42 Å². The fraction of sp³-hybridized carbons (Fsp3) is 0.533. The van der Waals surface area contributed by atoms with Crippen molar-refractivity contribution < 1.29 is 9.53 Å². The molecule has 1 unspecified atom stereocenters. The molecule has 0 radical (unpaired) electrons. The number of carbonyl (C=O) groups excluding carboxylic acids is 1. The van der Waals surface area contributed by atoms with E-state index in [4.69, 9.17) is 4.74 Å². The Labute approximate surface area is 114 Å². The zero-order chi connectivity index (χ0) is 13.7. The Kier molecular flexibility index (Phi) is 4.80. The molecule has 0 aromatic heterocycles. The largest absolute Gasteiger partial charge is 0.495 e. The molecular formula is C15H22N2O2. The number of nitrogens with one attached hydrogen (secondary N) is 2. The van der Waals surface area contributed by atoms with E-state index in [1.54, 1.807) is 7.11 Å². The van der Waals surface area contributed by atoms with E-state index < -0.39 is 0 Å². The molecule has 19 heavy (non-hydrogen) atoms. The van der Waals surface area contributed by atoms with Gasteiger partial charge in [0.1, 0.15) is 5.75 Å². The summed E-state index contributed by atoms with van der Waals surface area (Å²) in [6.07, 6.45) is 2.86. The van der Waals surface area contributed by atoms with Crippen molar-refractivity contribution in [3.8, 4) is 5.75 Å². The maximum absolute atomic E-state index is 12.1. The van der Waals surface area contributed by atoms with Crippen LogP contribution >= 0.6 is 0 Å². The highest BCUT2D eigenvalue weighted by atomic mass is 16.5. The summed E-state index contributed by atoms with van der Waals surface area (Å²) in [6.45, 7) is 4.02. The molecule has 1 amide bonds. The Morgan fingerprint density at radius 2 is 2.37 bits per heavy atom. The smallest absolute Gasteiger partial charge is 0.224 e. The van der Waals surface area contributed by atoms with E-state index in [-0.39, 0.29) is 5.91 Å². The van der Waals surface area contributed by atoms with Gasteiger partial charge in [-0.05, 0) is 56.5 Å². The zero-order valence-corrected chi connectivity index (χ0v) is 11.7. The van der Waals surface area contributed by atoms with E-state index in [0.717, 1.165) is 37.2 Å². The van der Waals surface area contributed by atoms with Gasteiger partial charge in [-0.2, -0.15) is 0 Å². The molecule has 2 rings (SSSR count). The minimum absolute atomic E-state index is 0.0672. The molecule has 1 saturated heterocycles. The van der Waals surface area contributed by atoms with Crippen LogP contribution in [0, 0.1) is 12.8 Å². The van der Waals surface area contributed by atoms with Crippen molar-refractivity contribution in [1.29, 1.82) is 0 Å². The molecule has 1 heterocycles. The molecule has 4 heteroatoms. The summed E-state index contributed by atoms with van der Waals surface area (Å²) in [4.78, 5) is 12.1. The van der Waals surface area contributed by atoms with Crippen LogP contribution in [0.4, 0.5) is 5.69 Å². The van der Waals surface area contributed by atoms with E-state index in [1.165, 1.54) is 0 Å². The molecule has 2 N–H and O–H groups in total. The first-order chi connectivity index (χ1) is 9.19. The van der Waals surface area contributed by atoms with Crippen molar-refractivity contribution in [3.05, 3.63) is 23.8 Å². The Morgan fingerprint density at radius 3 is 3.05 bits per heavy atom. The lowest BCUT2D eigenvalue weighted by atomic mass is 9.96. The van der Waals surface area contributed by atoms with Crippen molar-refractivity contribution >= 4 is 11.6 Å². The van der Waals surface area contributed by atoms with Crippen LogP contribution in [0.3, 0.4) is 0 Å². The van der Waals surface area contributed by atoms with Gasteiger partial charge in [-0.1, -0.05) is 6.07 Å². The summed E-state index contributed by atoms with van der Waals surface area (Å²) in [7, 11) is 1.62. The summed E-state index contributed by atoms with van der Waals surface area (Å²) in [5.74, 6) is 1.22. The maximum atomic E-state index is 12.1. The minimum atomic E-state index is 0.0672. The number of hydrogen-bond donors (Lipinski definition) is 2. The first-order valence-electron chi connectivity index (χ1n) is 6.84. The summed E-state index contributed by atoms with van der Waals surface area (Å²) in [6, 6.07) is 5.79. The molecule has 1 fully saturated rings. The molecule has 104 valence electrons. The van der Waals surface area contributed by atoms with Crippen LogP contribution in [0.1, 0.15) is 24.8 Å². The van der Waals surface area contributed by atoms with Gasteiger partial charge in [-0.15, -0.1) is 0 Å². The number of piperidine rings is 1. The topological polar surface area (TPSA) is 50.4 Å². The summed E-state index contributed by atoms with van der Waals surface area (Å²) in [5, 5.41) is 6.29. The normalized spacial score (nSPS) is 18.9. The van der Waals surface area contributed by atoms with E-state index >= 15 is 0 Å². The number of rotatable bonds is 4. The van der Waals surface area contributed by atoms with Gasteiger partial charge in [0.25, 0.3) is 0 Å². The Bertz CT molecular complexity index is 440. The third kappa shape index (κ3) is 3.96. The highest BCUT2D eigenvalue weighted by molar-refractivity contribution is 5.92. The molecular weight excluding hydrogens is 240 g/mol. The van der Waals surface area contributed by atoms with Gasteiger partial charge in [0.05, 0.1) is 12.8 Å². The van der Waals surface area contributed by atoms with Crippen molar-refractivity contribution in [1.82, 2.24) is 5.32 Å². The number of ether oxygens (including phenoxy) is 1. The number of anilines is 1. The van der Waals surface area contributed by atoms with E-state index in [0.29, 0.717) is 18.1 Å². The number of hydrogen-bond acceptors (Lipinski definition) is 3. The minimum Gasteiger partial charge on any atom is -0.495 e. The second-order valence-corrected chi connectivity index (χ2v) is 5.17. The van der Waals surface area contributed by atoms with E-state index in [9.17, 15) is 4.79 Å². The molecule has 4 nitrogen and oxygen atoms in total. The number of aryl methyl sites for hydroxylation is 1. The van der Waals surface area contributed by atoms with Gasteiger partial charge in [-0.3, -0.25) is 4.79 Å². The fourth-order valence-corrected chi connectivity index (χ4v) is 2.48. The SMILES string of the molecule is COc1ccc(C)cc1NC(=O)CC1CCCNC1. The van der Waals surface area contributed by atoms with Crippen LogP contribution in [-0.4, -0.2) is 26.1 Å². The van der Waals surface area contributed by atoms with Crippen LogP contribution < -0.4 is 15.4 Å². The first-order valence-corrected chi connectivity index (χ1v) is 6.84. The molecule has 1 aliphatic heterocycles. The summed E-state index contributed by atoms with van der Waals surface area (Å²) < 4.78 is 5.26. The van der Waals surface area contributed by atoms with Crippen molar-refractivity contribution in [2.75, 3.05) is 25.5 Å². The lowest BCUT2D eigenvalue weighted by molar-refractivity contribution is -0.117. The maximum Gasteiger partial charge on any atom is 0.224 e. The summed E-state index contributed by atoms with van der Waals surface area (Å²) >= 11 is 0. The zero-order valence-electron chi connectivity index (χ0n) is 11.7. The number of amides is 1. The lowest BCUT2D eigenvalue weighted by Crippen LogP contribution is -2.32. The van der Waals surface area contributed by atoms with Crippen molar-refractivity contribution in [2.45, 2.75) is 26.2 Å². The van der Waals surface area contributed by atoms with Crippen LogP contribution in [0.5, 0.6) is 5.75 Å². The highest BCUT2D eigenvalue weighted by Gasteiger charge is 2.17. The average Bonchev–Trinajstić information content (AvgIpc) is 2.40. The summed E-state index contributed by atoms with van der Waals surface area (Å²) in [5.41, 5.74) is 1.87. The molecule has 1 aromatic carbocycles. The van der Waals surface area contributed by atoms with Crippen molar-refractivity contribution in [3.63, 3.8) is 0 Å². The predicted octanol–water partition coefficient (Wildman–Crippen LogP) is 2.33. The molecule has 1 aromatic rings. The highest BCUT2D eigenvalue weighted by Crippen LogP contribution is 2.26. The van der Waals surface area contributed by atoms with Gasteiger partial charge in [0.15, 0.2) is 0 Å². The monoisotopic (exact) mass is 262 g/mol. The third-order valence-electron chi connectivity index (χ3n) is 3.50. The Hall–Kier alpha value is -1.55. The predicted molar refractivity (Wildman–Crippen MR) is 76.6 cm³/mol. The van der Waals surface area contributed by atoms with Gasteiger partial charge in [-0.25, -0.2) is 0 Å². The lowest BCUT2D eigenvalue weighted by Gasteiger charge is -2.22. The third-order valence-corrected chi connectivity index (χ3v) is 3.50. The number of methoxy groups -OCH3 is 1. The van der Waals surface area contributed by atoms with Crippen LogP contribution in [0.25, 0.3) is 0 Å². The van der Waals surface area contributed by atoms with Crippen molar-refractivity contribution in [2.24, 2.45) is 5.92 Å². The van der Waals surface area contributed by atoms with Gasteiger partial charge < -0.3 is 15.4 Å². The number of carbonyl (C=O) groups is 1.